The number of amides is 1. The Labute approximate surface area is 111 Å². The highest BCUT2D eigenvalue weighted by Crippen LogP contribution is 2.26. The molecule has 1 saturated heterocycles. The summed E-state index contributed by atoms with van der Waals surface area (Å²) in [5.41, 5.74) is 0.310. The zero-order valence-electron chi connectivity index (χ0n) is 10.2. The molecule has 1 fully saturated rings. The van der Waals surface area contributed by atoms with E-state index >= 15 is 0 Å². The van der Waals surface area contributed by atoms with E-state index in [0.717, 1.165) is 13.0 Å². The summed E-state index contributed by atoms with van der Waals surface area (Å²) in [6.07, 6.45) is 1.68. The standard InChI is InChI=1S/C13H16ClFN2O/c1-2-6-16-11-5-7-17(13(11)18)12-4-3-9(14)8-10(12)15/h3-4,8,11,16H,2,5-7H2,1H3. The third-order valence-corrected chi connectivity index (χ3v) is 3.28. The van der Waals surface area contributed by atoms with Crippen molar-refractivity contribution >= 4 is 23.2 Å². The van der Waals surface area contributed by atoms with Gasteiger partial charge in [0.15, 0.2) is 0 Å². The number of carbonyl (C=O) groups excluding carboxylic acids is 1. The number of nitrogens with one attached hydrogen (secondary N) is 1. The van der Waals surface area contributed by atoms with E-state index in [0.29, 0.717) is 23.7 Å². The molecule has 1 aromatic rings. The molecular weight excluding hydrogens is 255 g/mol. The van der Waals surface area contributed by atoms with E-state index in [4.69, 9.17) is 11.6 Å². The quantitative estimate of drug-likeness (QED) is 0.912. The van der Waals surface area contributed by atoms with Gasteiger partial charge in [0.25, 0.3) is 0 Å². The number of carbonyl (C=O) groups is 1. The molecule has 0 saturated carbocycles. The molecule has 1 heterocycles. The van der Waals surface area contributed by atoms with Crippen molar-refractivity contribution in [3.63, 3.8) is 0 Å². The van der Waals surface area contributed by atoms with Crippen molar-refractivity contribution in [2.45, 2.75) is 25.8 Å². The Hall–Kier alpha value is -1.13. The molecule has 1 aliphatic rings. The Kier molecular flexibility index (Phi) is 4.19. The van der Waals surface area contributed by atoms with Crippen molar-refractivity contribution in [3.8, 4) is 0 Å². The lowest BCUT2D eigenvalue weighted by molar-refractivity contribution is -0.118. The highest BCUT2D eigenvalue weighted by molar-refractivity contribution is 6.30. The molecule has 0 spiro atoms. The first-order chi connectivity index (χ1) is 8.63. The van der Waals surface area contributed by atoms with E-state index in [1.807, 2.05) is 6.92 Å². The summed E-state index contributed by atoms with van der Waals surface area (Å²) >= 11 is 5.70. The largest absolute Gasteiger partial charge is 0.308 e. The summed E-state index contributed by atoms with van der Waals surface area (Å²) in [5, 5.41) is 3.51. The molecule has 1 unspecified atom stereocenters. The first kappa shape index (κ1) is 13.3. The van der Waals surface area contributed by atoms with Crippen LogP contribution in [0, 0.1) is 5.82 Å². The minimum Gasteiger partial charge on any atom is -0.308 e. The van der Waals surface area contributed by atoms with E-state index in [1.165, 1.54) is 11.0 Å². The van der Waals surface area contributed by atoms with E-state index in [9.17, 15) is 9.18 Å². The fourth-order valence-corrected chi connectivity index (χ4v) is 2.29. The van der Waals surface area contributed by atoms with Crippen molar-refractivity contribution < 1.29 is 9.18 Å². The number of rotatable bonds is 4. The van der Waals surface area contributed by atoms with Gasteiger partial charge in [-0.05, 0) is 37.6 Å². The van der Waals surface area contributed by atoms with Gasteiger partial charge >= 0.3 is 0 Å². The summed E-state index contributed by atoms with van der Waals surface area (Å²) in [6.45, 7) is 3.38. The number of benzene rings is 1. The van der Waals surface area contributed by atoms with Gasteiger partial charge in [-0.2, -0.15) is 0 Å². The van der Waals surface area contributed by atoms with E-state index < -0.39 is 5.82 Å². The predicted octanol–water partition coefficient (Wildman–Crippen LogP) is 2.58. The first-order valence-electron chi connectivity index (χ1n) is 6.13. The Bertz CT molecular complexity index is 453. The van der Waals surface area contributed by atoms with Crippen LogP contribution in [0.5, 0.6) is 0 Å². The molecule has 1 aliphatic heterocycles. The van der Waals surface area contributed by atoms with Crippen LogP contribution in [0.25, 0.3) is 0 Å². The molecular formula is C13H16ClFN2O. The molecule has 0 bridgehead atoms. The summed E-state index contributed by atoms with van der Waals surface area (Å²) < 4.78 is 13.8. The molecule has 0 radical (unpaired) electrons. The third kappa shape index (κ3) is 2.65. The lowest BCUT2D eigenvalue weighted by Gasteiger charge is -2.18. The zero-order chi connectivity index (χ0) is 13.1. The Morgan fingerprint density at radius 1 is 1.56 bits per heavy atom. The van der Waals surface area contributed by atoms with E-state index in [1.54, 1.807) is 12.1 Å². The summed E-state index contributed by atoms with van der Waals surface area (Å²) in [7, 11) is 0. The summed E-state index contributed by atoms with van der Waals surface area (Å²) in [4.78, 5) is 13.6. The molecule has 5 heteroatoms. The Morgan fingerprint density at radius 2 is 2.33 bits per heavy atom. The second-order valence-electron chi connectivity index (χ2n) is 4.38. The van der Waals surface area contributed by atoms with Crippen molar-refractivity contribution in [1.29, 1.82) is 0 Å². The number of anilines is 1. The SMILES string of the molecule is CCCNC1CCN(c2ccc(Cl)cc2F)C1=O. The van der Waals surface area contributed by atoms with E-state index in [2.05, 4.69) is 5.32 Å². The smallest absolute Gasteiger partial charge is 0.244 e. The first-order valence-corrected chi connectivity index (χ1v) is 6.51. The second kappa shape index (κ2) is 5.67. The fourth-order valence-electron chi connectivity index (χ4n) is 2.13. The van der Waals surface area contributed by atoms with Gasteiger partial charge < -0.3 is 10.2 Å². The van der Waals surface area contributed by atoms with Crippen molar-refractivity contribution in [1.82, 2.24) is 5.32 Å². The normalized spacial score (nSPS) is 19.6. The maximum absolute atomic E-state index is 13.8. The molecule has 1 N–H and O–H groups in total. The monoisotopic (exact) mass is 270 g/mol. The number of hydrogen-bond acceptors (Lipinski definition) is 2. The van der Waals surface area contributed by atoms with Gasteiger partial charge in [-0.3, -0.25) is 4.79 Å². The van der Waals surface area contributed by atoms with Crippen molar-refractivity contribution in [3.05, 3.63) is 29.0 Å². The second-order valence-corrected chi connectivity index (χ2v) is 4.82. The minimum atomic E-state index is -0.452. The highest BCUT2D eigenvalue weighted by Gasteiger charge is 2.33. The molecule has 0 aromatic heterocycles. The summed E-state index contributed by atoms with van der Waals surface area (Å²) in [6, 6.07) is 4.19. The number of hydrogen-bond donors (Lipinski definition) is 1. The van der Waals surface area contributed by atoms with Crippen LogP contribution in [0.2, 0.25) is 5.02 Å². The third-order valence-electron chi connectivity index (χ3n) is 3.05. The minimum absolute atomic E-state index is 0.0651. The molecule has 1 amide bonds. The van der Waals surface area contributed by atoms with Crippen LogP contribution in [0.1, 0.15) is 19.8 Å². The Morgan fingerprint density at radius 3 is 3.00 bits per heavy atom. The van der Waals surface area contributed by atoms with Gasteiger partial charge in [-0.15, -0.1) is 0 Å². The van der Waals surface area contributed by atoms with Gasteiger partial charge in [-0.1, -0.05) is 18.5 Å². The molecule has 0 aliphatic carbocycles. The van der Waals surface area contributed by atoms with Crippen molar-refractivity contribution in [2.75, 3.05) is 18.0 Å². The average molecular weight is 271 g/mol. The molecule has 2 rings (SSSR count). The van der Waals surface area contributed by atoms with Crippen LogP contribution < -0.4 is 10.2 Å². The highest BCUT2D eigenvalue weighted by atomic mass is 35.5. The lowest BCUT2D eigenvalue weighted by Crippen LogP contribution is -2.38. The predicted molar refractivity (Wildman–Crippen MR) is 70.5 cm³/mol. The molecule has 98 valence electrons. The van der Waals surface area contributed by atoms with Gasteiger partial charge in [0.2, 0.25) is 5.91 Å². The van der Waals surface area contributed by atoms with Crippen LogP contribution >= 0.6 is 11.6 Å². The topological polar surface area (TPSA) is 32.3 Å². The maximum atomic E-state index is 13.8. The van der Waals surface area contributed by atoms with Gasteiger partial charge in [0.1, 0.15) is 5.82 Å². The number of halogens is 2. The maximum Gasteiger partial charge on any atom is 0.244 e. The molecule has 1 aromatic carbocycles. The van der Waals surface area contributed by atoms with Gasteiger partial charge in [0.05, 0.1) is 11.7 Å². The lowest BCUT2D eigenvalue weighted by atomic mass is 10.2. The molecule has 1 atom stereocenters. The molecule has 3 nitrogen and oxygen atoms in total. The van der Waals surface area contributed by atoms with Gasteiger partial charge in [0, 0.05) is 11.6 Å². The van der Waals surface area contributed by atoms with Crippen LogP contribution in [0.3, 0.4) is 0 Å². The van der Waals surface area contributed by atoms with Crippen molar-refractivity contribution in [2.24, 2.45) is 0 Å². The van der Waals surface area contributed by atoms with Crippen LogP contribution in [0.4, 0.5) is 10.1 Å². The average Bonchev–Trinajstić information content (AvgIpc) is 2.68. The van der Waals surface area contributed by atoms with Crippen LogP contribution in [-0.4, -0.2) is 25.0 Å². The summed E-state index contributed by atoms with van der Waals surface area (Å²) in [5.74, 6) is -0.517. The fraction of sp³-hybridized carbons (Fsp3) is 0.462. The number of nitrogens with zero attached hydrogens (tertiary/aromatic N) is 1. The van der Waals surface area contributed by atoms with Crippen LogP contribution in [0.15, 0.2) is 18.2 Å². The van der Waals surface area contributed by atoms with Gasteiger partial charge in [-0.25, -0.2) is 4.39 Å². The zero-order valence-corrected chi connectivity index (χ0v) is 11.0. The Balaban J connectivity index is 2.13. The molecule has 18 heavy (non-hydrogen) atoms. The van der Waals surface area contributed by atoms with E-state index in [-0.39, 0.29) is 11.9 Å². The van der Waals surface area contributed by atoms with Crippen LogP contribution in [-0.2, 0) is 4.79 Å².